The van der Waals surface area contributed by atoms with Crippen LogP contribution < -0.4 is 15.1 Å². The molecule has 0 spiro atoms. The van der Waals surface area contributed by atoms with Gasteiger partial charge in [0.1, 0.15) is 11.4 Å². The van der Waals surface area contributed by atoms with Gasteiger partial charge in [0.2, 0.25) is 16.8 Å². The van der Waals surface area contributed by atoms with Gasteiger partial charge in [0.05, 0.1) is 28.4 Å². The first kappa shape index (κ1) is 25.6. The summed E-state index contributed by atoms with van der Waals surface area (Å²) in [5, 5.41) is 11.3. The third-order valence-electron chi connectivity index (χ3n) is 5.23. The van der Waals surface area contributed by atoms with Gasteiger partial charge < -0.3 is 5.32 Å². The van der Waals surface area contributed by atoms with Crippen molar-refractivity contribution in [2.75, 3.05) is 16.8 Å². The lowest BCUT2D eigenvalue weighted by Crippen LogP contribution is -2.44. The fourth-order valence-corrected chi connectivity index (χ4v) is 3.93. The predicted molar refractivity (Wildman–Crippen MR) is 118 cm³/mol. The van der Waals surface area contributed by atoms with E-state index in [0.29, 0.717) is 11.0 Å². The van der Waals surface area contributed by atoms with Crippen LogP contribution in [0.4, 0.5) is 28.9 Å². The Morgan fingerprint density at radius 2 is 1.77 bits per heavy atom. The summed E-state index contributed by atoms with van der Waals surface area (Å²) in [6.45, 7) is 2.67. The topological polar surface area (TPSA) is 123 Å². The molecular weight excluding hydrogens is 494 g/mol. The molecule has 0 aromatic heterocycles. The molecule has 3 rings (SSSR count). The monoisotopic (exact) mass is 511 g/mol. The number of rotatable bonds is 4. The SMILES string of the molecule is CNC(=O)c1ccc(N2C(=N[SH](=O)=O)N(c3ccc(C#N)c(C(F)(F)F)c3)C(=O)C2(C)C)cc1F. The Morgan fingerprint density at radius 1 is 1.14 bits per heavy atom. The predicted octanol–water partition coefficient (Wildman–Crippen LogP) is 2.59. The van der Waals surface area contributed by atoms with E-state index in [1.165, 1.54) is 33.0 Å². The van der Waals surface area contributed by atoms with E-state index in [9.17, 15) is 35.6 Å². The Hall–Kier alpha value is -3.99. The first-order valence-electron chi connectivity index (χ1n) is 9.74. The number of carbonyl (C=O) groups is 2. The van der Waals surface area contributed by atoms with E-state index in [0.717, 1.165) is 29.2 Å². The molecule has 0 unspecified atom stereocenters. The Morgan fingerprint density at radius 3 is 2.29 bits per heavy atom. The zero-order valence-corrected chi connectivity index (χ0v) is 19.2. The van der Waals surface area contributed by atoms with Crippen molar-refractivity contribution in [3.8, 4) is 6.07 Å². The quantitative estimate of drug-likeness (QED) is 0.481. The average Bonchev–Trinajstić information content (AvgIpc) is 2.96. The Bertz CT molecular complexity index is 1370. The molecule has 0 radical (unpaired) electrons. The maximum atomic E-state index is 14.7. The number of nitrogens with zero attached hydrogens (tertiary/aromatic N) is 4. The van der Waals surface area contributed by atoms with Gasteiger partial charge in [-0.1, -0.05) is 0 Å². The van der Waals surface area contributed by atoms with Crippen LogP contribution >= 0.6 is 0 Å². The molecule has 1 aliphatic rings. The summed E-state index contributed by atoms with van der Waals surface area (Å²) >= 11 is 0. The Labute approximate surface area is 198 Å². The molecule has 0 bridgehead atoms. The lowest BCUT2D eigenvalue weighted by atomic mass is 10.0. The van der Waals surface area contributed by atoms with E-state index in [4.69, 9.17) is 5.26 Å². The minimum Gasteiger partial charge on any atom is -0.355 e. The highest BCUT2D eigenvalue weighted by atomic mass is 32.2. The molecule has 1 fully saturated rings. The summed E-state index contributed by atoms with van der Waals surface area (Å²) < 4.78 is 81.7. The minimum atomic E-state index is -4.95. The van der Waals surface area contributed by atoms with Gasteiger partial charge in [0.25, 0.3) is 11.8 Å². The second-order valence-electron chi connectivity index (χ2n) is 7.76. The highest BCUT2D eigenvalue weighted by Gasteiger charge is 2.52. The number of hydrogen-bond donors (Lipinski definition) is 2. The number of nitriles is 1. The molecule has 2 amide bonds. The van der Waals surface area contributed by atoms with Crippen molar-refractivity contribution in [1.82, 2.24) is 5.32 Å². The second-order valence-corrected chi connectivity index (χ2v) is 8.43. The lowest BCUT2D eigenvalue weighted by Gasteiger charge is -2.29. The van der Waals surface area contributed by atoms with Gasteiger partial charge in [-0.3, -0.25) is 14.5 Å². The number of halogens is 4. The van der Waals surface area contributed by atoms with E-state index in [2.05, 4.69) is 9.71 Å². The van der Waals surface area contributed by atoms with Crippen LogP contribution in [0.2, 0.25) is 0 Å². The average molecular weight is 511 g/mol. The molecule has 0 aliphatic carbocycles. The molecule has 184 valence electrons. The van der Waals surface area contributed by atoms with Crippen LogP contribution in [0.25, 0.3) is 0 Å². The zero-order chi connectivity index (χ0) is 26.3. The van der Waals surface area contributed by atoms with Gasteiger partial charge in [-0.15, -0.1) is 4.40 Å². The van der Waals surface area contributed by atoms with Crippen LogP contribution in [0.1, 0.15) is 35.3 Å². The Balaban J connectivity index is 2.25. The number of alkyl halides is 3. The fraction of sp³-hybridized carbons (Fsp3) is 0.238. The molecule has 0 atom stereocenters. The molecule has 9 nitrogen and oxygen atoms in total. The molecule has 0 saturated carbocycles. The van der Waals surface area contributed by atoms with Crippen molar-refractivity contribution in [2.24, 2.45) is 4.40 Å². The summed E-state index contributed by atoms with van der Waals surface area (Å²) in [7, 11) is -2.26. The summed E-state index contributed by atoms with van der Waals surface area (Å²) in [5.41, 5.74) is -4.51. The van der Waals surface area contributed by atoms with E-state index in [1.807, 2.05) is 0 Å². The molecule has 14 heteroatoms. The van der Waals surface area contributed by atoms with Crippen LogP contribution in [0.5, 0.6) is 0 Å². The largest absolute Gasteiger partial charge is 0.417 e. The number of nitrogens with one attached hydrogen (secondary N) is 1. The standard InChI is InChI=1S/C21H17F4N5O4S/c1-20(2)18(32)29(12-5-4-11(10-26)15(8-12)21(23,24)25)19(28-35(33)34)30(20)13-6-7-14(16(22)9-13)17(31)27-3/h4-9,35H,1-3H3,(H,27,31). The number of anilines is 2. The van der Waals surface area contributed by atoms with Crippen molar-refractivity contribution < 1.29 is 35.6 Å². The van der Waals surface area contributed by atoms with Crippen LogP contribution in [0, 0.1) is 17.1 Å². The van der Waals surface area contributed by atoms with Crippen molar-refractivity contribution in [3.63, 3.8) is 0 Å². The lowest BCUT2D eigenvalue weighted by molar-refractivity contribution is -0.137. The van der Waals surface area contributed by atoms with E-state index < -0.39 is 63.0 Å². The van der Waals surface area contributed by atoms with Gasteiger partial charge in [-0.05, 0) is 50.2 Å². The van der Waals surface area contributed by atoms with Crippen LogP contribution in [0.15, 0.2) is 40.8 Å². The highest BCUT2D eigenvalue weighted by molar-refractivity contribution is 7.71. The fourth-order valence-electron chi connectivity index (χ4n) is 3.61. The van der Waals surface area contributed by atoms with Crippen molar-refractivity contribution in [2.45, 2.75) is 25.6 Å². The van der Waals surface area contributed by atoms with Gasteiger partial charge in [-0.2, -0.15) is 18.4 Å². The summed E-state index contributed by atoms with van der Waals surface area (Å²) in [6.07, 6.45) is -4.95. The third kappa shape index (κ3) is 4.54. The van der Waals surface area contributed by atoms with Crippen LogP contribution in [-0.2, 0) is 21.9 Å². The van der Waals surface area contributed by atoms with E-state index in [-0.39, 0.29) is 11.3 Å². The summed E-state index contributed by atoms with van der Waals surface area (Å²) in [4.78, 5) is 26.8. The van der Waals surface area contributed by atoms with Gasteiger partial charge in [0, 0.05) is 12.7 Å². The summed E-state index contributed by atoms with van der Waals surface area (Å²) in [5.74, 6) is -3.21. The van der Waals surface area contributed by atoms with E-state index in [1.54, 1.807) is 0 Å². The van der Waals surface area contributed by atoms with Crippen LogP contribution in [-0.4, -0.2) is 38.8 Å². The molecule has 1 N–H and O–H groups in total. The second kappa shape index (κ2) is 8.99. The Kier molecular flexibility index (Phi) is 6.58. The summed E-state index contributed by atoms with van der Waals surface area (Å²) in [6, 6.07) is 7.03. The minimum absolute atomic E-state index is 0.0868. The first-order valence-corrected chi connectivity index (χ1v) is 10.9. The molecule has 2 aromatic carbocycles. The molecule has 1 aliphatic heterocycles. The molecule has 1 heterocycles. The zero-order valence-electron chi connectivity index (χ0n) is 18.3. The smallest absolute Gasteiger partial charge is 0.355 e. The number of guanidine groups is 1. The first-order chi connectivity index (χ1) is 16.2. The van der Waals surface area contributed by atoms with Gasteiger partial charge in [0.15, 0.2) is 0 Å². The number of carbonyl (C=O) groups excluding carboxylic acids is 2. The number of benzene rings is 2. The number of hydrogen-bond acceptors (Lipinski definition) is 5. The third-order valence-corrected chi connectivity index (χ3v) is 5.57. The number of thiol groups is 1. The maximum Gasteiger partial charge on any atom is 0.417 e. The molecule has 2 aromatic rings. The van der Waals surface area contributed by atoms with Crippen molar-refractivity contribution >= 4 is 40.0 Å². The highest BCUT2D eigenvalue weighted by Crippen LogP contribution is 2.40. The van der Waals surface area contributed by atoms with Gasteiger partial charge in [-0.25, -0.2) is 17.7 Å². The van der Waals surface area contributed by atoms with Crippen molar-refractivity contribution in [3.05, 3.63) is 58.9 Å². The van der Waals surface area contributed by atoms with E-state index >= 15 is 0 Å². The van der Waals surface area contributed by atoms with Crippen LogP contribution in [0.3, 0.4) is 0 Å². The van der Waals surface area contributed by atoms with Crippen molar-refractivity contribution in [1.29, 1.82) is 5.26 Å². The maximum absolute atomic E-state index is 14.7. The molecule has 1 saturated heterocycles. The van der Waals surface area contributed by atoms with Gasteiger partial charge >= 0.3 is 6.18 Å². The molecular formula is C21H17F4N5O4S. The molecule has 35 heavy (non-hydrogen) atoms. The normalized spacial score (nSPS) is 16.7. The number of amides is 2.